The molecule has 0 fully saturated rings. The van der Waals surface area contributed by atoms with Crippen molar-refractivity contribution >= 4 is 18.1 Å². The second-order valence-electron chi connectivity index (χ2n) is 6.22. The number of hydrogen-bond donors (Lipinski definition) is 1. The number of aryl methyl sites for hydroxylation is 1. The van der Waals surface area contributed by atoms with Gasteiger partial charge in [0.1, 0.15) is 11.5 Å². The molecular weight excluding hydrogens is 368 g/mol. The Bertz CT molecular complexity index is 1040. The molecule has 0 aromatic heterocycles. The van der Waals surface area contributed by atoms with Crippen molar-refractivity contribution in [1.29, 1.82) is 0 Å². The highest BCUT2D eigenvalue weighted by molar-refractivity contribution is 5.96. The molecular formula is C23H20N2O4. The highest BCUT2D eigenvalue weighted by Crippen LogP contribution is 2.19. The van der Waals surface area contributed by atoms with Crippen LogP contribution in [0.3, 0.4) is 0 Å². The van der Waals surface area contributed by atoms with Crippen LogP contribution in [0.5, 0.6) is 11.5 Å². The molecule has 146 valence electrons. The molecule has 0 saturated heterocycles. The first-order valence-corrected chi connectivity index (χ1v) is 8.92. The third kappa shape index (κ3) is 5.29. The molecule has 29 heavy (non-hydrogen) atoms. The number of nitrogens with zero attached hydrogens (tertiary/aromatic N) is 1. The van der Waals surface area contributed by atoms with Gasteiger partial charge in [-0.2, -0.15) is 5.10 Å². The molecule has 0 atom stereocenters. The first-order chi connectivity index (χ1) is 14.1. The Kier molecular flexibility index (Phi) is 6.37. The molecule has 0 bridgehead atoms. The lowest BCUT2D eigenvalue weighted by Crippen LogP contribution is -2.17. The number of hydrogen-bond acceptors (Lipinski definition) is 5. The molecule has 0 heterocycles. The molecule has 0 spiro atoms. The summed E-state index contributed by atoms with van der Waals surface area (Å²) in [6.45, 7) is 1.91. The molecule has 1 amide bonds. The van der Waals surface area contributed by atoms with Gasteiger partial charge in [-0.15, -0.1) is 0 Å². The average molecular weight is 388 g/mol. The van der Waals surface area contributed by atoms with Crippen LogP contribution >= 0.6 is 0 Å². The van der Waals surface area contributed by atoms with Gasteiger partial charge in [-0.3, -0.25) is 4.79 Å². The minimum absolute atomic E-state index is 0.322. The van der Waals surface area contributed by atoms with Crippen LogP contribution in [0.1, 0.15) is 31.8 Å². The van der Waals surface area contributed by atoms with Gasteiger partial charge in [0.15, 0.2) is 0 Å². The van der Waals surface area contributed by atoms with Crippen LogP contribution in [0.25, 0.3) is 0 Å². The maximum Gasteiger partial charge on any atom is 0.343 e. The summed E-state index contributed by atoms with van der Waals surface area (Å²) >= 11 is 0. The average Bonchev–Trinajstić information content (AvgIpc) is 2.75. The van der Waals surface area contributed by atoms with E-state index in [4.69, 9.17) is 9.47 Å². The summed E-state index contributed by atoms with van der Waals surface area (Å²) in [6.07, 6.45) is 1.43. The van der Waals surface area contributed by atoms with E-state index in [-0.39, 0.29) is 5.91 Å². The van der Waals surface area contributed by atoms with Gasteiger partial charge in [-0.05, 0) is 55.5 Å². The number of carbonyl (C=O) groups is 2. The highest BCUT2D eigenvalue weighted by atomic mass is 16.5. The van der Waals surface area contributed by atoms with Gasteiger partial charge in [0.2, 0.25) is 0 Å². The van der Waals surface area contributed by atoms with Crippen molar-refractivity contribution in [3.8, 4) is 11.5 Å². The number of benzene rings is 3. The van der Waals surface area contributed by atoms with E-state index in [0.29, 0.717) is 28.2 Å². The highest BCUT2D eigenvalue weighted by Gasteiger charge is 2.11. The zero-order chi connectivity index (χ0) is 20.6. The van der Waals surface area contributed by atoms with E-state index in [1.807, 2.05) is 19.1 Å². The smallest absolute Gasteiger partial charge is 0.343 e. The van der Waals surface area contributed by atoms with E-state index in [0.717, 1.165) is 5.56 Å². The molecule has 0 aliphatic carbocycles. The Hall–Kier alpha value is -3.93. The molecule has 1 N–H and O–H groups in total. The number of para-hydroxylation sites is 1. The maximum atomic E-state index is 12.4. The van der Waals surface area contributed by atoms with Crippen molar-refractivity contribution in [2.75, 3.05) is 7.11 Å². The van der Waals surface area contributed by atoms with Gasteiger partial charge >= 0.3 is 5.97 Å². The monoisotopic (exact) mass is 388 g/mol. The predicted molar refractivity (Wildman–Crippen MR) is 111 cm³/mol. The maximum absolute atomic E-state index is 12.4. The van der Waals surface area contributed by atoms with Gasteiger partial charge in [0, 0.05) is 11.1 Å². The lowest BCUT2D eigenvalue weighted by molar-refractivity contribution is 0.0734. The lowest BCUT2D eigenvalue weighted by atomic mass is 10.1. The molecule has 0 aliphatic rings. The summed E-state index contributed by atoms with van der Waals surface area (Å²) in [6, 6.07) is 20.8. The van der Waals surface area contributed by atoms with Crippen molar-refractivity contribution in [3.05, 3.63) is 95.1 Å². The second kappa shape index (κ2) is 9.32. The number of esters is 1. The van der Waals surface area contributed by atoms with Gasteiger partial charge in [-0.25, -0.2) is 10.2 Å². The largest absolute Gasteiger partial charge is 0.497 e. The fraction of sp³-hybridized carbons (Fsp3) is 0.0870. The number of nitrogens with one attached hydrogen (secondary N) is 1. The van der Waals surface area contributed by atoms with E-state index >= 15 is 0 Å². The number of carbonyl (C=O) groups excluding carboxylic acids is 2. The summed E-state index contributed by atoms with van der Waals surface area (Å²) < 4.78 is 10.6. The standard InChI is InChI=1S/C23H20N2O4/c1-16-6-5-8-18(14-16)22(26)25-24-15-19-7-3-4-9-21(19)29-23(27)17-10-12-20(28-2)13-11-17/h3-15H,1-2H3,(H,25,26)/b24-15-. The van der Waals surface area contributed by atoms with Crippen molar-refractivity contribution in [3.63, 3.8) is 0 Å². The van der Waals surface area contributed by atoms with Crippen molar-refractivity contribution in [2.24, 2.45) is 5.10 Å². The SMILES string of the molecule is COc1ccc(C(=O)Oc2ccccc2/C=N\NC(=O)c2cccc(C)c2)cc1. The second-order valence-corrected chi connectivity index (χ2v) is 6.22. The van der Waals surface area contributed by atoms with E-state index in [9.17, 15) is 9.59 Å². The van der Waals surface area contributed by atoms with E-state index in [1.165, 1.54) is 6.21 Å². The quantitative estimate of drug-likeness (QED) is 0.300. The zero-order valence-corrected chi connectivity index (χ0v) is 16.1. The van der Waals surface area contributed by atoms with Crippen molar-refractivity contribution < 1.29 is 19.1 Å². The van der Waals surface area contributed by atoms with Crippen LogP contribution in [-0.2, 0) is 0 Å². The van der Waals surface area contributed by atoms with Gasteiger partial charge in [0.05, 0.1) is 18.9 Å². The third-order valence-corrected chi connectivity index (χ3v) is 4.10. The molecule has 3 aromatic carbocycles. The van der Waals surface area contributed by atoms with Crippen LogP contribution < -0.4 is 14.9 Å². The first kappa shape index (κ1) is 19.8. The lowest BCUT2D eigenvalue weighted by Gasteiger charge is -2.08. The number of methoxy groups -OCH3 is 1. The summed E-state index contributed by atoms with van der Waals surface area (Å²) in [5, 5.41) is 3.98. The molecule has 0 saturated carbocycles. The van der Waals surface area contributed by atoms with Crippen LogP contribution in [0, 0.1) is 6.92 Å². The van der Waals surface area contributed by atoms with Gasteiger partial charge in [-0.1, -0.05) is 29.8 Å². The van der Waals surface area contributed by atoms with Crippen LogP contribution in [0.4, 0.5) is 0 Å². The van der Waals surface area contributed by atoms with Gasteiger partial charge in [0.25, 0.3) is 5.91 Å². The molecule has 0 unspecified atom stereocenters. The minimum atomic E-state index is -0.503. The molecule has 6 nitrogen and oxygen atoms in total. The molecule has 3 rings (SSSR count). The fourth-order valence-electron chi connectivity index (χ4n) is 2.58. The Labute approximate surface area is 168 Å². The van der Waals surface area contributed by atoms with Crippen LogP contribution in [0.15, 0.2) is 77.9 Å². The van der Waals surface area contributed by atoms with Crippen LogP contribution in [-0.4, -0.2) is 25.2 Å². The zero-order valence-electron chi connectivity index (χ0n) is 16.1. The van der Waals surface area contributed by atoms with E-state index in [1.54, 1.807) is 67.8 Å². The van der Waals surface area contributed by atoms with E-state index in [2.05, 4.69) is 10.5 Å². The van der Waals surface area contributed by atoms with E-state index < -0.39 is 5.97 Å². The summed E-state index contributed by atoms with van der Waals surface area (Å²) in [5.41, 5.74) is 4.92. The number of ether oxygens (including phenoxy) is 2. The fourth-order valence-corrected chi connectivity index (χ4v) is 2.58. The Morgan fingerprint density at radius 3 is 2.41 bits per heavy atom. The molecule has 0 aliphatic heterocycles. The number of amides is 1. The summed E-state index contributed by atoms with van der Waals surface area (Å²) in [7, 11) is 1.56. The van der Waals surface area contributed by atoms with Crippen molar-refractivity contribution in [1.82, 2.24) is 5.43 Å². The predicted octanol–water partition coefficient (Wildman–Crippen LogP) is 3.99. The summed E-state index contributed by atoms with van der Waals surface area (Å²) in [5.74, 6) is 0.162. The summed E-state index contributed by atoms with van der Waals surface area (Å²) in [4.78, 5) is 24.6. The number of hydrazone groups is 1. The van der Waals surface area contributed by atoms with Gasteiger partial charge < -0.3 is 9.47 Å². The van der Waals surface area contributed by atoms with Crippen molar-refractivity contribution in [2.45, 2.75) is 6.92 Å². The molecule has 6 heteroatoms. The Morgan fingerprint density at radius 2 is 1.69 bits per heavy atom. The minimum Gasteiger partial charge on any atom is -0.497 e. The topological polar surface area (TPSA) is 77.0 Å². The van der Waals surface area contributed by atoms with Crippen LogP contribution in [0.2, 0.25) is 0 Å². The number of rotatable bonds is 6. The first-order valence-electron chi connectivity index (χ1n) is 8.92. The Morgan fingerprint density at radius 1 is 0.931 bits per heavy atom. The Balaban J connectivity index is 1.68. The third-order valence-electron chi connectivity index (χ3n) is 4.10. The molecule has 3 aromatic rings. The molecule has 0 radical (unpaired) electrons. The normalized spacial score (nSPS) is 10.6.